The van der Waals surface area contributed by atoms with Crippen LogP contribution in [-0.4, -0.2) is 35.0 Å². The molecule has 0 heterocycles. The molecule has 1 aliphatic rings. The van der Waals surface area contributed by atoms with E-state index in [-0.39, 0.29) is 11.7 Å². The maximum Gasteiger partial charge on any atom is 0.254 e. The largest absolute Gasteiger partial charge is 0.508 e. The van der Waals surface area contributed by atoms with Crippen LogP contribution in [0.4, 0.5) is 0 Å². The molecule has 4 heteroatoms. The van der Waals surface area contributed by atoms with Crippen molar-refractivity contribution in [2.45, 2.75) is 25.3 Å². The second-order valence-electron chi connectivity index (χ2n) is 4.42. The third-order valence-corrected chi connectivity index (χ3v) is 3.24. The molecule has 0 atom stereocenters. The van der Waals surface area contributed by atoms with Crippen LogP contribution < -0.4 is 5.73 Å². The van der Waals surface area contributed by atoms with Gasteiger partial charge in [-0.25, -0.2) is 0 Å². The maximum atomic E-state index is 12.3. The lowest BCUT2D eigenvalue weighted by Gasteiger charge is -2.37. The van der Waals surface area contributed by atoms with Gasteiger partial charge in [0.2, 0.25) is 0 Å². The van der Waals surface area contributed by atoms with Crippen molar-refractivity contribution in [3.63, 3.8) is 0 Å². The molecule has 2 rings (SSSR count). The molecule has 3 N–H and O–H groups in total. The van der Waals surface area contributed by atoms with Gasteiger partial charge in [0.15, 0.2) is 0 Å². The van der Waals surface area contributed by atoms with Crippen molar-refractivity contribution in [1.29, 1.82) is 0 Å². The lowest BCUT2D eigenvalue weighted by Crippen LogP contribution is -2.46. The second-order valence-corrected chi connectivity index (χ2v) is 4.42. The molecule has 17 heavy (non-hydrogen) atoms. The summed E-state index contributed by atoms with van der Waals surface area (Å²) in [5.41, 5.74) is 6.08. The molecule has 1 fully saturated rings. The summed E-state index contributed by atoms with van der Waals surface area (Å²) in [6.07, 6.45) is 3.30. The SMILES string of the molecule is NCCN(C(=O)c1cccc(O)c1)C1CCC1. The van der Waals surface area contributed by atoms with Gasteiger partial charge in [-0.2, -0.15) is 0 Å². The van der Waals surface area contributed by atoms with E-state index >= 15 is 0 Å². The Bertz CT molecular complexity index is 402. The highest BCUT2D eigenvalue weighted by Gasteiger charge is 2.28. The standard InChI is InChI=1S/C13H18N2O2/c14-7-8-15(11-4-2-5-11)13(17)10-3-1-6-12(16)9-10/h1,3,6,9,11,16H,2,4-5,7-8,14H2. The summed E-state index contributed by atoms with van der Waals surface area (Å²) in [5, 5.41) is 9.39. The molecule has 1 saturated carbocycles. The van der Waals surface area contributed by atoms with Gasteiger partial charge in [0, 0.05) is 24.7 Å². The zero-order valence-electron chi connectivity index (χ0n) is 9.80. The number of nitrogens with zero attached hydrogens (tertiary/aromatic N) is 1. The Balaban J connectivity index is 2.15. The summed E-state index contributed by atoms with van der Waals surface area (Å²) in [7, 11) is 0. The zero-order valence-corrected chi connectivity index (χ0v) is 9.80. The first kappa shape index (κ1) is 11.9. The van der Waals surface area contributed by atoms with E-state index in [1.165, 1.54) is 12.5 Å². The number of carbonyl (C=O) groups is 1. The molecule has 0 unspecified atom stereocenters. The van der Waals surface area contributed by atoms with E-state index in [4.69, 9.17) is 5.73 Å². The minimum absolute atomic E-state index is 0.0314. The van der Waals surface area contributed by atoms with Gasteiger partial charge in [0.05, 0.1) is 0 Å². The number of benzene rings is 1. The Morgan fingerprint density at radius 1 is 1.47 bits per heavy atom. The van der Waals surface area contributed by atoms with Gasteiger partial charge >= 0.3 is 0 Å². The van der Waals surface area contributed by atoms with Crippen molar-refractivity contribution in [2.24, 2.45) is 5.73 Å². The quantitative estimate of drug-likeness (QED) is 0.826. The summed E-state index contributed by atoms with van der Waals surface area (Å²) >= 11 is 0. The third kappa shape index (κ3) is 2.58. The number of carbonyl (C=O) groups excluding carboxylic acids is 1. The Kier molecular flexibility index (Phi) is 3.64. The van der Waals surface area contributed by atoms with Crippen LogP contribution in [0, 0.1) is 0 Å². The molecule has 4 nitrogen and oxygen atoms in total. The fourth-order valence-electron chi connectivity index (χ4n) is 2.09. The van der Waals surface area contributed by atoms with Crippen LogP contribution >= 0.6 is 0 Å². The van der Waals surface area contributed by atoms with Gasteiger partial charge in [-0.1, -0.05) is 6.07 Å². The Labute approximate surface area is 101 Å². The highest BCUT2D eigenvalue weighted by molar-refractivity contribution is 5.94. The molecular formula is C13H18N2O2. The maximum absolute atomic E-state index is 12.3. The van der Waals surface area contributed by atoms with Crippen LogP contribution in [0.25, 0.3) is 0 Å². The second kappa shape index (κ2) is 5.19. The summed E-state index contributed by atoms with van der Waals surface area (Å²) in [6.45, 7) is 1.06. The molecule has 0 aliphatic heterocycles. The van der Waals surface area contributed by atoms with E-state index in [9.17, 15) is 9.90 Å². The van der Waals surface area contributed by atoms with Crippen molar-refractivity contribution in [3.8, 4) is 5.75 Å². The van der Waals surface area contributed by atoms with E-state index in [0.717, 1.165) is 12.8 Å². The van der Waals surface area contributed by atoms with E-state index in [2.05, 4.69) is 0 Å². The molecule has 0 spiro atoms. The van der Waals surface area contributed by atoms with Gasteiger partial charge in [-0.05, 0) is 37.5 Å². The molecule has 1 amide bonds. The summed E-state index contributed by atoms with van der Waals surface area (Å²) < 4.78 is 0. The van der Waals surface area contributed by atoms with Crippen molar-refractivity contribution < 1.29 is 9.90 Å². The molecule has 0 radical (unpaired) electrons. The van der Waals surface area contributed by atoms with Gasteiger partial charge < -0.3 is 15.7 Å². The summed E-state index contributed by atoms with van der Waals surface area (Å²) in [4.78, 5) is 14.1. The number of amides is 1. The van der Waals surface area contributed by atoms with Crippen LogP contribution in [0.3, 0.4) is 0 Å². The number of aromatic hydroxyl groups is 1. The number of hydrogen-bond donors (Lipinski definition) is 2. The Morgan fingerprint density at radius 2 is 2.24 bits per heavy atom. The molecule has 1 aromatic rings. The average Bonchev–Trinajstić information content (AvgIpc) is 2.25. The number of phenols is 1. The fourth-order valence-corrected chi connectivity index (χ4v) is 2.09. The number of phenolic OH excluding ortho intramolecular Hbond substituents is 1. The predicted molar refractivity (Wildman–Crippen MR) is 65.8 cm³/mol. The van der Waals surface area contributed by atoms with Crippen LogP contribution in [0.15, 0.2) is 24.3 Å². The monoisotopic (exact) mass is 234 g/mol. The molecule has 1 aliphatic carbocycles. The topological polar surface area (TPSA) is 66.6 Å². The lowest BCUT2D eigenvalue weighted by molar-refractivity contribution is 0.0588. The van der Waals surface area contributed by atoms with Gasteiger partial charge in [0.25, 0.3) is 5.91 Å². The highest BCUT2D eigenvalue weighted by Crippen LogP contribution is 2.26. The number of rotatable bonds is 4. The Morgan fingerprint density at radius 3 is 2.76 bits per heavy atom. The van der Waals surface area contributed by atoms with E-state index in [1.807, 2.05) is 4.90 Å². The van der Waals surface area contributed by atoms with Crippen molar-refractivity contribution >= 4 is 5.91 Å². The predicted octanol–water partition coefficient (Wildman–Crippen LogP) is 1.35. The van der Waals surface area contributed by atoms with Crippen LogP contribution in [0.1, 0.15) is 29.6 Å². The van der Waals surface area contributed by atoms with Crippen molar-refractivity contribution in [2.75, 3.05) is 13.1 Å². The summed E-state index contributed by atoms with van der Waals surface area (Å²) in [5.74, 6) is 0.0909. The molecule has 0 bridgehead atoms. The van der Waals surface area contributed by atoms with Crippen LogP contribution in [0.5, 0.6) is 5.75 Å². The number of nitrogens with two attached hydrogens (primary N) is 1. The van der Waals surface area contributed by atoms with E-state index in [1.54, 1.807) is 18.2 Å². The van der Waals surface area contributed by atoms with Crippen LogP contribution in [0.2, 0.25) is 0 Å². The number of hydrogen-bond acceptors (Lipinski definition) is 3. The molecule has 0 aromatic heterocycles. The van der Waals surface area contributed by atoms with Gasteiger partial charge in [-0.15, -0.1) is 0 Å². The molecule has 1 aromatic carbocycles. The van der Waals surface area contributed by atoms with Crippen molar-refractivity contribution in [3.05, 3.63) is 29.8 Å². The Hall–Kier alpha value is -1.55. The van der Waals surface area contributed by atoms with Gasteiger partial charge in [0.1, 0.15) is 5.75 Å². The highest BCUT2D eigenvalue weighted by atomic mass is 16.3. The normalized spacial score (nSPS) is 15.4. The molecule has 92 valence electrons. The van der Waals surface area contributed by atoms with Crippen molar-refractivity contribution in [1.82, 2.24) is 4.90 Å². The fraction of sp³-hybridized carbons (Fsp3) is 0.462. The van der Waals surface area contributed by atoms with E-state index < -0.39 is 0 Å². The van der Waals surface area contributed by atoms with Gasteiger partial charge in [-0.3, -0.25) is 4.79 Å². The smallest absolute Gasteiger partial charge is 0.254 e. The lowest BCUT2D eigenvalue weighted by atomic mass is 9.91. The first-order valence-electron chi connectivity index (χ1n) is 6.02. The minimum Gasteiger partial charge on any atom is -0.508 e. The first-order chi connectivity index (χ1) is 8.22. The third-order valence-electron chi connectivity index (χ3n) is 3.24. The molecular weight excluding hydrogens is 216 g/mol. The zero-order chi connectivity index (χ0) is 12.3. The minimum atomic E-state index is -0.0314. The molecule has 0 saturated heterocycles. The van der Waals surface area contributed by atoms with E-state index in [0.29, 0.717) is 24.7 Å². The summed E-state index contributed by atoms with van der Waals surface area (Å²) in [6, 6.07) is 6.81. The average molecular weight is 234 g/mol. The first-order valence-corrected chi connectivity index (χ1v) is 6.02. The van der Waals surface area contributed by atoms with Crippen LogP contribution in [-0.2, 0) is 0 Å².